The molecular formula is C20H24F3NO4S. The second kappa shape index (κ2) is 11.5. The molecule has 0 saturated carbocycles. The molecule has 29 heavy (non-hydrogen) atoms. The Balaban J connectivity index is 3.03. The summed E-state index contributed by atoms with van der Waals surface area (Å²) in [5, 5.41) is 0. The van der Waals surface area contributed by atoms with Gasteiger partial charge in [0.1, 0.15) is 5.70 Å². The third kappa shape index (κ3) is 8.23. The van der Waals surface area contributed by atoms with Crippen molar-refractivity contribution in [3.63, 3.8) is 0 Å². The molecule has 1 aromatic rings. The number of benzene rings is 1. The predicted octanol–water partition coefficient (Wildman–Crippen LogP) is 4.39. The van der Waals surface area contributed by atoms with E-state index in [2.05, 4.69) is 0 Å². The van der Waals surface area contributed by atoms with E-state index in [9.17, 15) is 22.8 Å². The van der Waals surface area contributed by atoms with Crippen molar-refractivity contribution in [1.29, 1.82) is 0 Å². The Labute approximate surface area is 172 Å². The zero-order valence-electron chi connectivity index (χ0n) is 16.7. The summed E-state index contributed by atoms with van der Waals surface area (Å²) < 4.78 is 48.0. The summed E-state index contributed by atoms with van der Waals surface area (Å²) in [7, 11) is 3.33. The van der Waals surface area contributed by atoms with Crippen molar-refractivity contribution in [1.82, 2.24) is 4.90 Å². The van der Waals surface area contributed by atoms with Gasteiger partial charge in [-0.3, -0.25) is 0 Å². The molecule has 0 heterocycles. The highest BCUT2D eigenvalue weighted by Gasteiger charge is 2.29. The van der Waals surface area contributed by atoms with Gasteiger partial charge in [0.25, 0.3) is 0 Å². The fraction of sp³-hybridized carbons (Fsp3) is 0.400. The molecule has 1 rings (SSSR count). The molecule has 0 atom stereocenters. The van der Waals surface area contributed by atoms with Crippen LogP contribution in [-0.2, 0) is 31.0 Å². The van der Waals surface area contributed by atoms with Gasteiger partial charge in [0.2, 0.25) is 0 Å². The topological polar surface area (TPSA) is 55.8 Å². The molecule has 0 aliphatic carbocycles. The number of alkyl halides is 3. The number of esters is 2. The minimum atomic E-state index is -4.40. The van der Waals surface area contributed by atoms with Gasteiger partial charge in [0, 0.05) is 19.8 Å². The highest BCUT2D eigenvalue weighted by molar-refractivity contribution is 8.03. The molecule has 0 N–H and O–H groups in total. The molecular weight excluding hydrogens is 407 g/mol. The number of rotatable bonds is 9. The van der Waals surface area contributed by atoms with Gasteiger partial charge in [-0.2, -0.15) is 13.2 Å². The number of carbonyl (C=O) groups is 2. The van der Waals surface area contributed by atoms with Gasteiger partial charge in [-0.15, -0.1) is 11.8 Å². The maximum atomic E-state index is 12.7. The Kier molecular flexibility index (Phi) is 9.80. The number of hydrogen-bond acceptors (Lipinski definition) is 6. The molecule has 0 fully saturated rings. The second-order valence-corrected chi connectivity index (χ2v) is 6.92. The first-order valence-corrected chi connectivity index (χ1v) is 9.81. The quantitative estimate of drug-likeness (QED) is 0.328. The minimum Gasteiger partial charge on any atom is -0.462 e. The molecule has 1 aromatic carbocycles. The van der Waals surface area contributed by atoms with Gasteiger partial charge in [-0.1, -0.05) is 12.1 Å². The van der Waals surface area contributed by atoms with Crippen LogP contribution in [0.4, 0.5) is 13.2 Å². The number of carbonyl (C=O) groups excluding carboxylic acids is 2. The molecule has 0 spiro atoms. The third-order valence-corrected chi connectivity index (χ3v) is 4.60. The van der Waals surface area contributed by atoms with E-state index in [-0.39, 0.29) is 29.6 Å². The van der Waals surface area contributed by atoms with Crippen molar-refractivity contribution in [3.8, 4) is 0 Å². The Hall–Kier alpha value is -2.42. The molecule has 0 radical (unpaired) electrons. The van der Waals surface area contributed by atoms with Crippen molar-refractivity contribution < 1.29 is 32.2 Å². The molecule has 5 nitrogen and oxygen atoms in total. The highest BCUT2D eigenvalue weighted by Crippen LogP contribution is 2.30. The summed E-state index contributed by atoms with van der Waals surface area (Å²) in [4.78, 5) is 26.0. The lowest BCUT2D eigenvalue weighted by atomic mass is 10.1. The molecule has 0 saturated heterocycles. The fourth-order valence-corrected chi connectivity index (χ4v) is 2.94. The van der Waals surface area contributed by atoms with E-state index in [1.54, 1.807) is 32.8 Å². The van der Waals surface area contributed by atoms with E-state index in [4.69, 9.17) is 9.47 Å². The van der Waals surface area contributed by atoms with E-state index in [0.29, 0.717) is 5.56 Å². The monoisotopic (exact) mass is 431 g/mol. The van der Waals surface area contributed by atoms with Crippen LogP contribution in [0.25, 0.3) is 0 Å². The van der Waals surface area contributed by atoms with Crippen LogP contribution in [0, 0.1) is 0 Å². The molecule has 0 aliphatic rings. The lowest BCUT2D eigenvalue weighted by molar-refractivity contribution is -0.140. The largest absolute Gasteiger partial charge is 0.462 e. The van der Waals surface area contributed by atoms with Crippen LogP contribution in [0.5, 0.6) is 0 Å². The summed E-state index contributed by atoms with van der Waals surface area (Å²) in [5.74, 6) is -0.861. The lowest BCUT2D eigenvalue weighted by Crippen LogP contribution is -2.21. The van der Waals surface area contributed by atoms with E-state index >= 15 is 0 Å². The minimum absolute atomic E-state index is 0.166. The number of thioether (sulfide) groups is 1. The Morgan fingerprint density at radius 3 is 2.03 bits per heavy atom. The van der Waals surface area contributed by atoms with Gasteiger partial charge in [-0.25, -0.2) is 9.59 Å². The number of nitrogens with zero attached hydrogens (tertiary/aromatic N) is 1. The van der Waals surface area contributed by atoms with E-state index in [1.807, 2.05) is 0 Å². The summed E-state index contributed by atoms with van der Waals surface area (Å²) in [5.41, 5.74) is 0.115. The van der Waals surface area contributed by atoms with Crippen LogP contribution >= 0.6 is 11.8 Å². The van der Waals surface area contributed by atoms with Crippen LogP contribution < -0.4 is 0 Å². The van der Waals surface area contributed by atoms with E-state index in [0.717, 1.165) is 23.9 Å². The van der Waals surface area contributed by atoms with Gasteiger partial charge in [-0.05, 0) is 43.7 Å². The van der Waals surface area contributed by atoms with Crippen LogP contribution in [-0.4, -0.2) is 44.1 Å². The summed E-state index contributed by atoms with van der Waals surface area (Å²) in [6.07, 6.45) is -1.51. The molecule has 0 amide bonds. The SMILES string of the molecule is CCOC(=O)/C(=C/C=C(/C(=O)OCC)N(C)C)SCc1ccc(C(F)(F)F)cc1. The maximum Gasteiger partial charge on any atom is 0.416 e. The van der Waals surface area contributed by atoms with Crippen LogP contribution in [0.1, 0.15) is 25.0 Å². The summed E-state index contributed by atoms with van der Waals surface area (Å²) >= 11 is 1.10. The van der Waals surface area contributed by atoms with Gasteiger partial charge in [0.15, 0.2) is 0 Å². The van der Waals surface area contributed by atoms with Gasteiger partial charge >= 0.3 is 18.1 Å². The average molecular weight is 431 g/mol. The number of hydrogen-bond donors (Lipinski definition) is 0. The normalized spacial score (nSPS) is 12.5. The molecule has 0 bridgehead atoms. The van der Waals surface area contributed by atoms with Crippen molar-refractivity contribution in [2.75, 3.05) is 27.3 Å². The lowest BCUT2D eigenvalue weighted by Gasteiger charge is -2.15. The molecule has 160 valence electrons. The molecule has 9 heteroatoms. The third-order valence-electron chi connectivity index (χ3n) is 3.51. The van der Waals surface area contributed by atoms with Crippen molar-refractivity contribution >= 4 is 23.7 Å². The van der Waals surface area contributed by atoms with Gasteiger partial charge in [0.05, 0.1) is 23.7 Å². The fourth-order valence-electron chi connectivity index (χ4n) is 2.09. The number of ether oxygens (including phenoxy) is 2. The van der Waals surface area contributed by atoms with Gasteiger partial charge < -0.3 is 14.4 Å². The molecule has 0 unspecified atom stereocenters. The Morgan fingerprint density at radius 2 is 1.55 bits per heavy atom. The number of allylic oxidation sites excluding steroid dienone is 2. The number of halogens is 3. The summed E-state index contributed by atoms with van der Waals surface area (Å²) in [6, 6.07) is 4.71. The van der Waals surface area contributed by atoms with E-state index in [1.165, 1.54) is 24.3 Å². The standard InChI is InChI=1S/C20H24F3NO4S/c1-5-27-18(25)16(24(3)4)11-12-17(19(26)28-6-2)29-13-14-7-9-15(10-8-14)20(21,22)23/h7-12H,5-6,13H2,1-4H3/b16-11-,17-12-. The zero-order valence-corrected chi connectivity index (χ0v) is 17.5. The Bertz CT molecular complexity index is 756. The zero-order chi connectivity index (χ0) is 22.0. The summed E-state index contributed by atoms with van der Waals surface area (Å²) in [6.45, 7) is 3.72. The Morgan fingerprint density at radius 1 is 1.00 bits per heavy atom. The van der Waals surface area contributed by atoms with Crippen LogP contribution in [0.3, 0.4) is 0 Å². The van der Waals surface area contributed by atoms with Crippen molar-refractivity contribution in [2.45, 2.75) is 25.8 Å². The number of likely N-dealkylation sites (N-methyl/N-ethyl adjacent to an activating group) is 1. The van der Waals surface area contributed by atoms with E-state index < -0.39 is 23.7 Å². The molecule has 0 aromatic heterocycles. The van der Waals surface area contributed by atoms with Crippen molar-refractivity contribution in [2.24, 2.45) is 0 Å². The first kappa shape index (κ1) is 24.6. The van der Waals surface area contributed by atoms with Crippen LogP contribution in [0.2, 0.25) is 0 Å². The highest BCUT2D eigenvalue weighted by atomic mass is 32.2. The first-order chi connectivity index (χ1) is 13.6. The second-order valence-electron chi connectivity index (χ2n) is 5.90. The van der Waals surface area contributed by atoms with Crippen molar-refractivity contribution in [3.05, 3.63) is 58.1 Å². The average Bonchev–Trinajstić information content (AvgIpc) is 2.64. The maximum absolute atomic E-state index is 12.7. The smallest absolute Gasteiger partial charge is 0.416 e. The first-order valence-electron chi connectivity index (χ1n) is 8.82. The molecule has 0 aliphatic heterocycles. The predicted molar refractivity (Wildman–Crippen MR) is 106 cm³/mol. The van der Waals surface area contributed by atoms with Crippen LogP contribution in [0.15, 0.2) is 47.0 Å².